The molecule has 2 aromatic rings. The van der Waals surface area contributed by atoms with Gasteiger partial charge >= 0.3 is 0 Å². The lowest BCUT2D eigenvalue weighted by Gasteiger charge is -2.10. The highest BCUT2D eigenvalue weighted by Crippen LogP contribution is 2.18. The first-order valence-electron chi connectivity index (χ1n) is 9.33. The number of rotatable bonds is 9. The van der Waals surface area contributed by atoms with Crippen molar-refractivity contribution in [2.75, 3.05) is 32.7 Å². The van der Waals surface area contributed by atoms with Crippen molar-refractivity contribution in [2.45, 2.75) is 6.42 Å². The summed E-state index contributed by atoms with van der Waals surface area (Å²) in [6, 6.07) is 14.2. The topological polar surface area (TPSA) is 88.7 Å². The molecule has 0 spiro atoms. The first-order valence-corrected chi connectivity index (χ1v) is 9.74. The smallest absolute Gasteiger partial charge is 0.251 e. The fourth-order valence-corrected chi connectivity index (χ4v) is 2.76. The van der Waals surface area contributed by atoms with Crippen LogP contribution in [0.5, 0.6) is 5.75 Å². The Morgan fingerprint density at radius 1 is 1.10 bits per heavy atom. The molecule has 0 aliphatic carbocycles. The van der Waals surface area contributed by atoms with Crippen LogP contribution in [-0.4, -0.2) is 44.3 Å². The minimum atomic E-state index is -0.384. The molecule has 0 atom stereocenters. The van der Waals surface area contributed by atoms with E-state index in [2.05, 4.69) is 16.0 Å². The Balaban J connectivity index is 1.89. The predicted octanol–water partition coefficient (Wildman–Crippen LogP) is 2.99. The minimum Gasteiger partial charge on any atom is -0.496 e. The first-order chi connectivity index (χ1) is 14.5. The van der Waals surface area contributed by atoms with E-state index in [9.17, 15) is 9.59 Å². The largest absolute Gasteiger partial charge is 0.496 e. The van der Waals surface area contributed by atoms with Crippen molar-refractivity contribution >= 4 is 40.9 Å². The van der Waals surface area contributed by atoms with E-state index in [-0.39, 0.29) is 16.9 Å². The van der Waals surface area contributed by atoms with Crippen LogP contribution >= 0.6 is 12.2 Å². The van der Waals surface area contributed by atoms with Gasteiger partial charge in [0.1, 0.15) is 5.75 Å². The fourth-order valence-electron chi connectivity index (χ4n) is 2.54. The second-order valence-electron chi connectivity index (χ2n) is 6.20. The fraction of sp³-hybridized carbons (Fsp3) is 0.227. The molecule has 30 heavy (non-hydrogen) atoms. The summed E-state index contributed by atoms with van der Waals surface area (Å²) in [5.41, 5.74) is 1.86. The Hall–Kier alpha value is -3.23. The van der Waals surface area contributed by atoms with Crippen molar-refractivity contribution in [1.29, 1.82) is 0 Å². The summed E-state index contributed by atoms with van der Waals surface area (Å²) in [5, 5.41) is 8.43. The van der Waals surface area contributed by atoms with E-state index >= 15 is 0 Å². The molecule has 2 amide bonds. The number of amides is 2. The minimum absolute atomic E-state index is 0.127. The van der Waals surface area contributed by atoms with Crippen LogP contribution in [0.4, 0.5) is 5.69 Å². The molecule has 0 bridgehead atoms. The van der Waals surface area contributed by atoms with Crippen LogP contribution < -0.4 is 20.7 Å². The summed E-state index contributed by atoms with van der Waals surface area (Å²) < 4.78 is 10.2. The first kappa shape index (κ1) is 23.1. The summed E-state index contributed by atoms with van der Waals surface area (Å²) in [6.07, 6.45) is 3.75. The van der Waals surface area contributed by atoms with Gasteiger partial charge in [0.15, 0.2) is 5.11 Å². The van der Waals surface area contributed by atoms with Gasteiger partial charge in [-0.05, 0) is 49.0 Å². The number of hydrogen-bond donors (Lipinski definition) is 3. The van der Waals surface area contributed by atoms with E-state index in [0.29, 0.717) is 30.2 Å². The highest BCUT2D eigenvalue weighted by Gasteiger charge is 2.07. The number of anilines is 1. The lowest BCUT2D eigenvalue weighted by Crippen LogP contribution is -2.33. The molecule has 0 heterocycles. The van der Waals surface area contributed by atoms with Gasteiger partial charge in [-0.1, -0.05) is 24.3 Å². The molecule has 0 aliphatic rings. The second kappa shape index (κ2) is 12.4. The number of para-hydroxylation sites is 1. The van der Waals surface area contributed by atoms with Gasteiger partial charge < -0.3 is 20.1 Å². The molecule has 0 radical (unpaired) electrons. The van der Waals surface area contributed by atoms with Gasteiger partial charge in [-0.25, -0.2) is 0 Å². The second-order valence-corrected chi connectivity index (χ2v) is 6.61. The molecule has 0 aliphatic heterocycles. The maximum absolute atomic E-state index is 12.2. The van der Waals surface area contributed by atoms with E-state index in [0.717, 1.165) is 12.0 Å². The molecule has 0 saturated carbocycles. The van der Waals surface area contributed by atoms with Gasteiger partial charge in [0, 0.05) is 43.2 Å². The predicted molar refractivity (Wildman–Crippen MR) is 122 cm³/mol. The van der Waals surface area contributed by atoms with Gasteiger partial charge in [0.2, 0.25) is 5.91 Å². The molecule has 3 N–H and O–H groups in total. The van der Waals surface area contributed by atoms with Crippen LogP contribution in [0.25, 0.3) is 6.08 Å². The van der Waals surface area contributed by atoms with Crippen LogP contribution in [0, 0.1) is 0 Å². The molecular weight excluding hydrogens is 402 g/mol. The average Bonchev–Trinajstić information content (AvgIpc) is 2.75. The Labute approximate surface area is 181 Å². The molecule has 0 unspecified atom stereocenters. The molecule has 0 fully saturated rings. The Morgan fingerprint density at radius 3 is 2.67 bits per heavy atom. The number of benzene rings is 2. The Kier molecular flexibility index (Phi) is 9.50. The van der Waals surface area contributed by atoms with Crippen molar-refractivity contribution < 1.29 is 19.1 Å². The maximum atomic E-state index is 12.2. The van der Waals surface area contributed by atoms with Crippen molar-refractivity contribution in [3.8, 4) is 5.75 Å². The number of nitrogens with one attached hydrogen (secondary N) is 3. The number of thiocarbonyl (C=S) groups is 1. The maximum Gasteiger partial charge on any atom is 0.251 e. The zero-order valence-electron chi connectivity index (χ0n) is 16.9. The number of hydrogen-bond acceptors (Lipinski definition) is 5. The van der Waals surface area contributed by atoms with Crippen molar-refractivity contribution in [2.24, 2.45) is 0 Å². The Bertz CT molecular complexity index is 915. The molecule has 2 rings (SSSR count). The molecule has 0 aromatic heterocycles. The Morgan fingerprint density at radius 2 is 1.90 bits per heavy atom. The molecule has 8 heteroatoms. The van der Waals surface area contributed by atoms with Crippen LogP contribution in [-0.2, 0) is 9.53 Å². The van der Waals surface area contributed by atoms with Gasteiger partial charge in [0.25, 0.3) is 5.91 Å². The third-order valence-corrected chi connectivity index (χ3v) is 4.19. The summed E-state index contributed by atoms with van der Waals surface area (Å²) in [4.78, 5) is 24.3. The number of carbonyl (C=O) groups excluding carboxylic acids is 2. The average molecular weight is 428 g/mol. The zero-order valence-corrected chi connectivity index (χ0v) is 17.8. The molecule has 2 aromatic carbocycles. The lowest BCUT2D eigenvalue weighted by molar-refractivity contribution is -0.115. The van der Waals surface area contributed by atoms with E-state index < -0.39 is 0 Å². The van der Waals surface area contributed by atoms with E-state index in [1.54, 1.807) is 44.6 Å². The SMILES string of the molecule is COCCCNC(=O)c1cccc(NC(=S)NC(=O)/C=C/c2ccccc2OC)c1. The van der Waals surface area contributed by atoms with E-state index in [4.69, 9.17) is 21.7 Å². The molecule has 7 nitrogen and oxygen atoms in total. The molecule has 0 saturated heterocycles. The van der Waals surface area contributed by atoms with Crippen LogP contribution in [0.2, 0.25) is 0 Å². The van der Waals surface area contributed by atoms with Crippen molar-refractivity contribution in [3.63, 3.8) is 0 Å². The van der Waals surface area contributed by atoms with Crippen LogP contribution in [0.3, 0.4) is 0 Å². The zero-order chi connectivity index (χ0) is 21.8. The summed E-state index contributed by atoms with van der Waals surface area (Å²) in [7, 11) is 3.19. The number of ether oxygens (including phenoxy) is 2. The van der Waals surface area contributed by atoms with Gasteiger partial charge in [-0.2, -0.15) is 0 Å². The highest BCUT2D eigenvalue weighted by atomic mass is 32.1. The summed E-state index contributed by atoms with van der Waals surface area (Å²) in [5.74, 6) is 0.0921. The third kappa shape index (κ3) is 7.65. The quantitative estimate of drug-likeness (QED) is 0.324. The van der Waals surface area contributed by atoms with Crippen LogP contribution in [0.1, 0.15) is 22.3 Å². The van der Waals surface area contributed by atoms with Gasteiger partial charge in [-0.15, -0.1) is 0 Å². The lowest BCUT2D eigenvalue weighted by atomic mass is 10.2. The summed E-state index contributed by atoms with van der Waals surface area (Å²) >= 11 is 5.18. The highest BCUT2D eigenvalue weighted by molar-refractivity contribution is 7.80. The monoisotopic (exact) mass is 427 g/mol. The normalized spacial score (nSPS) is 10.5. The van der Waals surface area contributed by atoms with E-state index in [1.165, 1.54) is 6.08 Å². The number of carbonyl (C=O) groups is 2. The number of methoxy groups -OCH3 is 2. The van der Waals surface area contributed by atoms with Gasteiger partial charge in [0.05, 0.1) is 7.11 Å². The molecular formula is C22H25N3O4S. The van der Waals surface area contributed by atoms with Crippen LogP contribution in [0.15, 0.2) is 54.6 Å². The van der Waals surface area contributed by atoms with Gasteiger partial charge in [-0.3, -0.25) is 14.9 Å². The third-order valence-electron chi connectivity index (χ3n) is 3.98. The molecule has 158 valence electrons. The standard InChI is InChI=1S/C22H25N3O4S/c1-28-14-6-13-23-21(27)17-8-5-9-18(15-17)24-22(30)25-20(26)12-11-16-7-3-4-10-19(16)29-2/h3-5,7-12,15H,6,13-14H2,1-2H3,(H,23,27)(H2,24,25,26,30)/b12-11+. The van der Waals surface area contributed by atoms with E-state index in [1.807, 2.05) is 24.3 Å². The summed E-state index contributed by atoms with van der Waals surface area (Å²) in [6.45, 7) is 1.11. The van der Waals surface area contributed by atoms with Crippen molar-refractivity contribution in [3.05, 3.63) is 65.7 Å². The van der Waals surface area contributed by atoms with Crippen molar-refractivity contribution in [1.82, 2.24) is 10.6 Å².